The molecule has 0 amide bonds. The van der Waals surface area contributed by atoms with Crippen LogP contribution < -0.4 is 0 Å². The van der Waals surface area contributed by atoms with Gasteiger partial charge in [0.2, 0.25) is 0 Å². The SMILES string of the molecule is C=CCC1=CC23CC(=C)C4C(/C=C\C)/C(=C\C=O)CCC4C2CCC13.CC(C)C.[HH]. The second kappa shape index (κ2) is 9.02. The second-order valence-electron chi connectivity index (χ2n) is 10.3. The Morgan fingerprint density at radius 3 is 2.62 bits per heavy atom. The maximum absolute atomic E-state index is 11.1. The van der Waals surface area contributed by atoms with Crippen molar-refractivity contribution in [1.29, 1.82) is 0 Å². The molecule has 0 aromatic rings. The minimum Gasteiger partial charge on any atom is -0.299 e. The molecule has 6 atom stereocenters. The van der Waals surface area contributed by atoms with E-state index in [1.807, 2.05) is 6.08 Å². The zero-order valence-corrected chi connectivity index (χ0v) is 19.0. The van der Waals surface area contributed by atoms with E-state index < -0.39 is 0 Å². The summed E-state index contributed by atoms with van der Waals surface area (Å²) in [7, 11) is 0. The monoisotopic (exact) mass is 394 g/mol. The summed E-state index contributed by atoms with van der Waals surface area (Å²) in [6, 6.07) is 0. The van der Waals surface area contributed by atoms with Crippen LogP contribution in [-0.2, 0) is 4.79 Å². The van der Waals surface area contributed by atoms with E-state index in [4.69, 9.17) is 0 Å². The Kier molecular flexibility index (Phi) is 6.87. The molecule has 3 saturated carbocycles. The fourth-order valence-corrected chi connectivity index (χ4v) is 6.94. The van der Waals surface area contributed by atoms with Crippen LogP contribution in [0.1, 0.15) is 67.6 Å². The Labute approximate surface area is 180 Å². The molecule has 1 nitrogen and oxygen atoms in total. The number of hydrogen-bond acceptors (Lipinski definition) is 1. The Balaban J connectivity index is 0.000000591. The summed E-state index contributed by atoms with van der Waals surface area (Å²) < 4.78 is 0. The first kappa shape index (κ1) is 22.1. The van der Waals surface area contributed by atoms with Gasteiger partial charge in [-0.3, -0.25) is 4.79 Å². The number of allylic oxidation sites excluding steroid dienone is 8. The minimum atomic E-state index is 0. The Bertz CT molecular complexity index is 737. The third kappa shape index (κ3) is 3.90. The summed E-state index contributed by atoms with van der Waals surface area (Å²) in [5.74, 6) is 4.07. The van der Waals surface area contributed by atoms with Crippen molar-refractivity contribution in [2.24, 2.45) is 40.9 Å². The lowest BCUT2D eigenvalue weighted by molar-refractivity contribution is -0.104. The summed E-state index contributed by atoms with van der Waals surface area (Å²) in [5.41, 5.74) is 4.79. The molecule has 0 bridgehead atoms. The Morgan fingerprint density at radius 2 is 2.00 bits per heavy atom. The third-order valence-corrected chi connectivity index (χ3v) is 7.63. The number of carbonyl (C=O) groups is 1. The van der Waals surface area contributed by atoms with E-state index in [9.17, 15) is 4.79 Å². The molecule has 0 radical (unpaired) electrons. The first-order valence-electron chi connectivity index (χ1n) is 11.7. The van der Waals surface area contributed by atoms with E-state index in [1.165, 1.54) is 30.4 Å². The standard InChI is InChI=1S/C24H30O.C4H10.H2/c1-4-6-18-15-24-14-16(3)23-19(7-5-2)17(12-13-25)8-9-20(23)22(24)11-10-21(18)24;1-4(2)3;/h4-5,7,12-13,15,19-23H,1,3,6,8-11,14H2,2H3;4H,1-3H3;1H/b7-5-,17-12-;;. The van der Waals surface area contributed by atoms with Crippen LogP contribution in [0.5, 0.6) is 0 Å². The smallest absolute Gasteiger partial charge is 0.142 e. The van der Waals surface area contributed by atoms with E-state index in [1.54, 1.807) is 5.57 Å². The van der Waals surface area contributed by atoms with Gasteiger partial charge in [0, 0.05) is 12.8 Å². The molecule has 4 aliphatic carbocycles. The maximum atomic E-state index is 11.1. The average Bonchev–Trinajstić information content (AvgIpc) is 2.93. The van der Waals surface area contributed by atoms with Gasteiger partial charge in [0.05, 0.1) is 0 Å². The molecule has 0 aromatic heterocycles. The molecule has 6 unspecified atom stereocenters. The van der Waals surface area contributed by atoms with Gasteiger partial charge < -0.3 is 0 Å². The van der Waals surface area contributed by atoms with Gasteiger partial charge in [-0.15, -0.1) is 6.58 Å². The van der Waals surface area contributed by atoms with Gasteiger partial charge in [-0.1, -0.05) is 68.4 Å². The average molecular weight is 395 g/mol. The molecule has 1 heteroatoms. The van der Waals surface area contributed by atoms with Gasteiger partial charge in [0.15, 0.2) is 0 Å². The lowest BCUT2D eigenvalue weighted by Crippen LogP contribution is -2.50. The van der Waals surface area contributed by atoms with Crippen LogP contribution in [-0.4, -0.2) is 6.29 Å². The predicted octanol–water partition coefficient (Wildman–Crippen LogP) is 7.73. The molecule has 0 heterocycles. The van der Waals surface area contributed by atoms with Gasteiger partial charge in [-0.25, -0.2) is 0 Å². The van der Waals surface area contributed by atoms with Gasteiger partial charge >= 0.3 is 0 Å². The van der Waals surface area contributed by atoms with E-state index in [2.05, 4.69) is 65.2 Å². The lowest BCUT2D eigenvalue weighted by Gasteiger charge is -2.58. The molecule has 1 spiro atoms. The van der Waals surface area contributed by atoms with Crippen molar-refractivity contribution in [3.63, 3.8) is 0 Å². The number of rotatable bonds is 4. The first-order chi connectivity index (χ1) is 13.9. The van der Waals surface area contributed by atoms with E-state index in [0.717, 1.165) is 49.2 Å². The first-order valence-corrected chi connectivity index (χ1v) is 11.7. The van der Waals surface area contributed by atoms with Crippen LogP contribution in [0.15, 0.2) is 60.3 Å². The molecule has 0 aromatic carbocycles. The van der Waals surface area contributed by atoms with Gasteiger partial charge in [-0.05, 0) is 81.1 Å². The van der Waals surface area contributed by atoms with Crippen molar-refractivity contribution in [3.05, 3.63) is 60.3 Å². The zero-order chi connectivity index (χ0) is 21.2. The molecule has 0 saturated heterocycles. The van der Waals surface area contributed by atoms with Crippen molar-refractivity contribution >= 4 is 6.29 Å². The Hall–Kier alpha value is -1.63. The van der Waals surface area contributed by atoms with Gasteiger partial charge in [-0.2, -0.15) is 0 Å². The fourth-order valence-electron chi connectivity index (χ4n) is 6.94. The summed E-state index contributed by atoms with van der Waals surface area (Å²) in [6.45, 7) is 17.1. The van der Waals surface area contributed by atoms with Crippen molar-refractivity contribution in [2.75, 3.05) is 0 Å². The topological polar surface area (TPSA) is 17.1 Å². The quantitative estimate of drug-likeness (QED) is 0.271. The number of carbonyl (C=O) groups excluding carboxylic acids is 1. The highest BCUT2D eigenvalue weighted by atomic mass is 16.1. The van der Waals surface area contributed by atoms with Crippen molar-refractivity contribution in [3.8, 4) is 0 Å². The second-order valence-corrected chi connectivity index (χ2v) is 10.3. The summed E-state index contributed by atoms with van der Waals surface area (Å²) in [6.07, 6.45) is 19.2. The highest BCUT2D eigenvalue weighted by Gasteiger charge is 2.62. The Morgan fingerprint density at radius 1 is 1.28 bits per heavy atom. The lowest BCUT2D eigenvalue weighted by atomic mass is 9.46. The van der Waals surface area contributed by atoms with Crippen LogP contribution in [0.25, 0.3) is 0 Å². The third-order valence-electron chi connectivity index (χ3n) is 7.63. The van der Waals surface area contributed by atoms with Crippen LogP contribution in [0.2, 0.25) is 0 Å². The highest BCUT2D eigenvalue weighted by Crippen LogP contribution is 2.70. The molecule has 160 valence electrons. The van der Waals surface area contributed by atoms with E-state index >= 15 is 0 Å². The highest BCUT2D eigenvalue weighted by molar-refractivity contribution is 5.66. The molecule has 4 rings (SSSR count). The van der Waals surface area contributed by atoms with Crippen molar-refractivity contribution in [1.82, 2.24) is 0 Å². The normalized spacial score (nSPS) is 39.1. The molecule has 3 fully saturated rings. The number of hydrogen-bond donors (Lipinski definition) is 0. The number of aldehydes is 1. The maximum Gasteiger partial charge on any atom is 0.142 e. The molecule has 4 aliphatic rings. The van der Waals surface area contributed by atoms with Gasteiger partial charge in [0.1, 0.15) is 6.29 Å². The summed E-state index contributed by atoms with van der Waals surface area (Å²) in [4.78, 5) is 11.1. The van der Waals surface area contributed by atoms with Crippen LogP contribution >= 0.6 is 0 Å². The molecule has 0 N–H and O–H groups in total. The van der Waals surface area contributed by atoms with Crippen molar-refractivity contribution < 1.29 is 6.22 Å². The molecule has 29 heavy (non-hydrogen) atoms. The largest absolute Gasteiger partial charge is 0.299 e. The summed E-state index contributed by atoms with van der Waals surface area (Å²) >= 11 is 0. The fraction of sp³-hybridized carbons (Fsp3) is 0.607. The van der Waals surface area contributed by atoms with E-state index in [0.29, 0.717) is 17.3 Å². The van der Waals surface area contributed by atoms with Crippen molar-refractivity contribution in [2.45, 2.75) is 66.2 Å². The molecular weight excluding hydrogens is 352 g/mol. The van der Waals surface area contributed by atoms with E-state index in [-0.39, 0.29) is 1.43 Å². The van der Waals surface area contributed by atoms with Crippen LogP contribution in [0.3, 0.4) is 0 Å². The minimum absolute atomic E-state index is 0. The van der Waals surface area contributed by atoms with Gasteiger partial charge in [0.25, 0.3) is 0 Å². The van der Waals surface area contributed by atoms with Crippen LogP contribution in [0.4, 0.5) is 0 Å². The number of fused-ring (bicyclic) bond motifs is 2. The summed E-state index contributed by atoms with van der Waals surface area (Å²) in [5, 5.41) is 0. The predicted molar refractivity (Wildman–Crippen MR) is 127 cm³/mol. The molecular formula is C28H42O. The van der Waals surface area contributed by atoms with Crippen LogP contribution in [0, 0.1) is 40.9 Å². The molecule has 0 aliphatic heterocycles. The zero-order valence-electron chi connectivity index (χ0n) is 19.0.